The van der Waals surface area contributed by atoms with Crippen LogP contribution in [0.3, 0.4) is 0 Å². The van der Waals surface area contributed by atoms with Crippen LogP contribution in [0.25, 0.3) is 0 Å². The molecule has 3 rings (SSSR count). The second kappa shape index (κ2) is 6.51. The van der Waals surface area contributed by atoms with Gasteiger partial charge in [0.15, 0.2) is 11.5 Å². The zero-order valence-corrected chi connectivity index (χ0v) is 11.4. The van der Waals surface area contributed by atoms with Gasteiger partial charge >= 0.3 is 0 Å². The Balaban J connectivity index is 1.40. The number of rotatable bonds is 7. The van der Waals surface area contributed by atoms with Gasteiger partial charge in [-0.1, -0.05) is 0 Å². The first-order valence-electron chi connectivity index (χ1n) is 6.62. The van der Waals surface area contributed by atoms with Gasteiger partial charge in [-0.05, 0) is 24.3 Å². The average molecular weight is 292 g/mol. The van der Waals surface area contributed by atoms with Crippen LogP contribution in [-0.4, -0.2) is 31.2 Å². The summed E-state index contributed by atoms with van der Waals surface area (Å²) < 4.78 is 26.4. The molecule has 1 atom stereocenters. The first kappa shape index (κ1) is 13.8. The summed E-state index contributed by atoms with van der Waals surface area (Å²) in [4.78, 5) is 0. The fourth-order valence-corrected chi connectivity index (χ4v) is 1.90. The highest BCUT2D eigenvalue weighted by Gasteiger charge is 2.14. The van der Waals surface area contributed by atoms with Gasteiger partial charge in [0.2, 0.25) is 6.79 Å². The van der Waals surface area contributed by atoms with Crippen molar-refractivity contribution >= 4 is 0 Å². The summed E-state index contributed by atoms with van der Waals surface area (Å²) in [6, 6.07) is 8.88. The van der Waals surface area contributed by atoms with Crippen LogP contribution >= 0.6 is 0 Å². The number of ether oxygens (including phenoxy) is 4. The summed E-state index contributed by atoms with van der Waals surface area (Å²) in [7, 11) is 0. The van der Waals surface area contributed by atoms with Gasteiger partial charge in [0.25, 0.3) is 0 Å². The second-order valence-corrected chi connectivity index (χ2v) is 4.57. The molecule has 1 N–H and O–H groups in total. The van der Waals surface area contributed by atoms with Gasteiger partial charge < -0.3 is 28.5 Å². The average Bonchev–Trinajstić information content (AvgIpc) is 3.15. The first-order chi connectivity index (χ1) is 10.3. The lowest BCUT2D eigenvalue weighted by Crippen LogP contribution is -2.23. The van der Waals surface area contributed by atoms with E-state index in [9.17, 15) is 5.11 Å². The lowest BCUT2D eigenvalue weighted by molar-refractivity contribution is 0.000853. The van der Waals surface area contributed by atoms with Crippen molar-refractivity contribution in [3.8, 4) is 17.2 Å². The maximum absolute atomic E-state index is 9.80. The van der Waals surface area contributed by atoms with Crippen molar-refractivity contribution in [2.75, 3.05) is 20.0 Å². The fraction of sp³-hybridized carbons (Fsp3) is 0.333. The van der Waals surface area contributed by atoms with Gasteiger partial charge in [0.05, 0.1) is 12.9 Å². The molecule has 21 heavy (non-hydrogen) atoms. The Kier molecular flexibility index (Phi) is 4.28. The number of hydrogen-bond acceptors (Lipinski definition) is 6. The van der Waals surface area contributed by atoms with Crippen LogP contribution in [0.1, 0.15) is 5.76 Å². The minimum absolute atomic E-state index is 0.137. The van der Waals surface area contributed by atoms with Gasteiger partial charge in [-0.2, -0.15) is 0 Å². The van der Waals surface area contributed by atoms with E-state index >= 15 is 0 Å². The maximum atomic E-state index is 9.80. The van der Waals surface area contributed by atoms with Gasteiger partial charge in [0.1, 0.15) is 30.8 Å². The SMILES string of the molecule is OC(COCc1ccco1)COc1ccc2c(c1)OCO2. The number of benzene rings is 1. The number of aliphatic hydroxyl groups excluding tert-OH is 1. The molecule has 0 aliphatic carbocycles. The Morgan fingerprint density at radius 2 is 2.05 bits per heavy atom. The van der Waals surface area contributed by atoms with E-state index in [2.05, 4.69) is 0 Å². The van der Waals surface area contributed by atoms with Crippen LogP contribution < -0.4 is 14.2 Å². The third-order valence-electron chi connectivity index (χ3n) is 2.92. The summed E-state index contributed by atoms with van der Waals surface area (Å²) in [5.41, 5.74) is 0. The quantitative estimate of drug-likeness (QED) is 0.841. The molecule has 0 amide bonds. The van der Waals surface area contributed by atoms with E-state index in [1.54, 1.807) is 30.5 Å². The van der Waals surface area contributed by atoms with E-state index in [4.69, 9.17) is 23.4 Å². The molecule has 0 saturated carbocycles. The molecular weight excluding hydrogens is 276 g/mol. The van der Waals surface area contributed by atoms with Crippen LogP contribution in [-0.2, 0) is 11.3 Å². The van der Waals surface area contributed by atoms with E-state index in [0.717, 1.165) is 5.76 Å². The minimum atomic E-state index is -0.717. The van der Waals surface area contributed by atoms with Crippen molar-refractivity contribution < 1.29 is 28.5 Å². The Labute approximate surface area is 121 Å². The molecule has 1 aliphatic heterocycles. The van der Waals surface area contributed by atoms with Gasteiger partial charge in [-0.3, -0.25) is 0 Å². The smallest absolute Gasteiger partial charge is 0.231 e. The van der Waals surface area contributed by atoms with Crippen molar-refractivity contribution in [1.29, 1.82) is 0 Å². The second-order valence-electron chi connectivity index (χ2n) is 4.57. The molecule has 6 nitrogen and oxygen atoms in total. The lowest BCUT2D eigenvalue weighted by atomic mass is 10.3. The minimum Gasteiger partial charge on any atom is -0.491 e. The summed E-state index contributed by atoms with van der Waals surface area (Å²) >= 11 is 0. The number of furan rings is 1. The largest absolute Gasteiger partial charge is 0.491 e. The highest BCUT2D eigenvalue weighted by Crippen LogP contribution is 2.35. The van der Waals surface area contributed by atoms with Gasteiger partial charge in [-0.25, -0.2) is 0 Å². The van der Waals surface area contributed by atoms with Crippen molar-refractivity contribution in [2.24, 2.45) is 0 Å². The summed E-state index contributed by atoms with van der Waals surface area (Å²) in [6.45, 7) is 0.860. The molecule has 0 fully saturated rings. The van der Waals surface area contributed by atoms with Gasteiger partial charge in [-0.15, -0.1) is 0 Å². The molecule has 6 heteroatoms. The molecule has 1 aliphatic rings. The number of fused-ring (bicyclic) bond motifs is 1. The summed E-state index contributed by atoms with van der Waals surface area (Å²) in [5.74, 6) is 2.68. The monoisotopic (exact) mass is 292 g/mol. The molecule has 1 aromatic carbocycles. The molecule has 1 unspecified atom stereocenters. The Hall–Kier alpha value is -2.18. The van der Waals surface area contributed by atoms with E-state index in [1.165, 1.54) is 0 Å². The standard InChI is InChI=1S/C15H16O6/c16-11(7-17-9-13-2-1-5-18-13)8-19-12-3-4-14-15(6-12)21-10-20-14/h1-6,11,16H,7-10H2. The van der Waals surface area contributed by atoms with E-state index < -0.39 is 6.10 Å². The summed E-state index contributed by atoms with van der Waals surface area (Å²) in [5, 5.41) is 9.80. The van der Waals surface area contributed by atoms with Crippen LogP contribution in [0.15, 0.2) is 41.0 Å². The van der Waals surface area contributed by atoms with Gasteiger partial charge in [0, 0.05) is 6.07 Å². The third kappa shape index (κ3) is 3.68. The Morgan fingerprint density at radius 3 is 2.90 bits per heavy atom. The topological polar surface area (TPSA) is 70.3 Å². The molecule has 112 valence electrons. The highest BCUT2D eigenvalue weighted by atomic mass is 16.7. The normalized spacial score (nSPS) is 14.1. The summed E-state index contributed by atoms with van der Waals surface area (Å²) in [6.07, 6.45) is 0.864. The maximum Gasteiger partial charge on any atom is 0.231 e. The zero-order chi connectivity index (χ0) is 14.5. The predicted molar refractivity (Wildman–Crippen MR) is 72.4 cm³/mol. The molecule has 2 aromatic rings. The lowest BCUT2D eigenvalue weighted by Gasteiger charge is -2.12. The molecule has 0 bridgehead atoms. The Morgan fingerprint density at radius 1 is 1.14 bits per heavy atom. The van der Waals surface area contributed by atoms with Crippen molar-refractivity contribution in [1.82, 2.24) is 0 Å². The van der Waals surface area contributed by atoms with Crippen LogP contribution in [0.5, 0.6) is 17.2 Å². The zero-order valence-electron chi connectivity index (χ0n) is 11.4. The van der Waals surface area contributed by atoms with Crippen LogP contribution in [0.4, 0.5) is 0 Å². The number of hydrogen-bond donors (Lipinski definition) is 1. The third-order valence-corrected chi connectivity index (χ3v) is 2.92. The molecule has 1 aromatic heterocycles. The van der Waals surface area contributed by atoms with E-state index in [0.29, 0.717) is 23.9 Å². The van der Waals surface area contributed by atoms with Crippen molar-refractivity contribution in [3.63, 3.8) is 0 Å². The van der Waals surface area contributed by atoms with E-state index in [-0.39, 0.29) is 20.0 Å². The molecule has 0 saturated heterocycles. The predicted octanol–water partition coefficient (Wildman–Crippen LogP) is 1.96. The van der Waals surface area contributed by atoms with Crippen molar-refractivity contribution in [2.45, 2.75) is 12.7 Å². The molecular formula is C15H16O6. The van der Waals surface area contributed by atoms with Crippen LogP contribution in [0.2, 0.25) is 0 Å². The van der Waals surface area contributed by atoms with Crippen LogP contribution in [0, 0.1) is 0 Å². The molecule has 0 radical (unpaired) electrons. The first-order valence-corrected chi connectivity index (χ1v) is 6.62. The fourth-order valence-electron chi connectivity index (χ4n) is 1.90. The number of aliphatic hydroxyl groups is 1. The molecule has 2 heterocycles. The Bertz CT molecular complexity index is 566. The highest BCUT2D eigenvalue weighted by molar-refractivity contribution is 5.46. The van der Waals surface area contributed by atoms with E-state index in [1.807, 2.05) is 6.07 Å². The van der Waals surface area contributed by atoms with Crippen molar-refractivity contribution in [3.05, 3.63) is 42.4 Å². The molecule has 0 spiro atoms.